The van der Waals surface area contributed by atoms with Crippen LogP contribution in [0.15, 0.2) is 0 Å². The lowest BCUT2D eigenvalue weighted by Crippen LogP contribution is -2.29. The van der Waals surface area contributed by atoms with Gasteiger partial charge in [-0.25, -0.2) is 0 Å². The lowest BCUT2D eigenvalue weighted by molar-refractivity contribution is 0.0992. The molecule has 112 valence electrons. The molecule has 1 fully saturated rings. The Morgan fingerprint density at radius 2 is 2.20 bits per heavy atom. The van der Waals surface area contributed by atoms with Crippen LogP contribution in [0.3, 0.4) is 0 Å². The summed E-state index contributed by atoms with van der Waals surface area (Å²) in [5.41, 5.74) is 6.47. The maximum atomic E-state index is 11.9. The zero-order chi connectivity index (χ0) is 14.7. The van der Waals surface area contributed by atoms with Gasteiger partial charge in [-0.3, -0.25) is 4.79 Å². The molecule has 5 nitrogen and oxygen atoms in total. The second kappa shape index (κ2) is 6.45. The van der Waals surface area contributed by atoms with E-state index < -0.39 is 0 Å². The second-order valence-corrected chi connectivity index (χ2v) is 5.96. The van der Waals surface area contributed by atoms with Gasteiger partial charge in [0.25, 0.3) is 0 Å². The maximum Gasteiger partial charge on any atom is 0.176 e. The number of thiophene rings is 1. The minimum Gasteiger partial charge on any atom is -0.492 e. The summed E-state index contributed by atoms with van der Waals surface area (Å²) in [4.78, 5) is 12.5. The average Bonchev–Trinajstić information content (AvgIpc) is 3.02. The van der Waals surface area contributed by atoms with Gasteiger partial charge in [-0.15, -0.1) is 11.3 Å². The van der Waals surface area contributed by atoms with E-state index in [2.05, 4.69) is 5.32 Å². The van der Waals surface area contributed by atoms with Gasteiger partial charge in [0, 0.05) is 13.5 Å². The minimum atomic E-state index is 0.0496. The Morgan fingerprint density at radius 3 is 2.80 bits per heavy atom. The minimum absolute atomic E-state index is 0.0496. The number of anilines is 2. The van der Waals surface area contributed by atoms with Crippen molar-refractivity contribution in [2.24, 2.45) is 0 Å². The van der Waals surface area contributed by atoms with Gasteiger partial charge in [0.2, 0.25) is 0 Å². The van der Waals surface area contributed by atoms with Crippen molar-refractivity contribution in [3.63, 3.8) is 0 Å². The van der Waals surface area contributed by atoms with Crippen molar-refractivity contribution in [2.45, 2.75) is 44.8 Å². The number of hydrogen-bond donors (Lipinski definition) is 2. The first-order valence-corrected chi connectivity index (χ1v) is 7.72. The number of carbonyl (C=O) groups is 1. The number of nitrogens with one attached hydrogen (secondary N) is 1. The highest BCUT2D eigenvalue weighted by Crippen LogP contribution is 2.44. The SMILES string of the molecule is CCC(=O)c1sc(NC2CCCC2OC)c(OC)c1N. The molecule has 0 aliphatic heterocycles. The third kappa shape index (κ3) is 2.76. The fourth-order valence-electron chi connectivity index (χ4n) is 2.64. The molecule has 1 aliphatic rings. The average molecular weight is 298 g/mol. The van der Waals surface area contributed by atoms with Crippen LogP contribution in [0.2, 0.25) is 0 Å². The van der Waals surface area contributed by atoms with Crippen molar-refractivity contribution < 1.29 is 14.3 Å². The van der Waals surface area contributed by atoms with Crippen LogP contribution >= 0.6 is 11.3 Å². The number of nitrogen functional groups attached to an aromatic ring is 1. The summed E-state index contributed by atoms with van der Waals surface area (Å²) in [6, 6.07) is 0.247. The smallest absolute Gasteiger partial charge is 0.176 e. The van der Waals surface area contributed by atoms with E-state index in [1.165, 1.54) is 11.3 Å². The van der Waals surface area contributed by atoms with E-state index in [4.69, 9.17) is 15.2 Å². The zero-order valence-corrected chi connectivity index (χ0v) is 13.0. The quantitative estimate of drug-likeness (QED) is 0.790. The first-order valence-electron chi connectivity index (χ1n) is 6.91. The Kier molecular flexibility index (Phi) is 4.88. The van der Waals surface area contributed by atoms with E-state index in [9.17, 15) is 4.79 Å². The van der Waals surface area contributed by atoms with Crippen molar-refractivity contribution in [3.8, 4) is 5.75 Å². The Hall–Kier alpha value is -1.27. The van der Waals surface area contributed by atoms with Gasteiger partial charge in [-0.05, 0) is 19.3 Å². The summed E-state index contributed by atoms with van der Waals surface area (Å²) in [5.74, 6) is 0.627. The van der Waals surface area contributed by atoms with Crippen molar-refractivity contribution in [1.82, 2.24) is 0 Å². The Balaban J connectivity index is 2.25. The maximum absolute atomic E-state index is 11.9. The molecule has 1 aromatic rings. The molecule has 20 heavy (non-hydrogen) atoms. The summed E-state index contributed by atoms with van der Waals surface area (Å²) >= 11 is 1.38. The molecule has 0 bridgehead atoms. The van der Waals surface area contributed by atoms with Crippen LogP contribution in [-0.2, 0) is 4.74 Å². The molecule has 3 N–H and O–H groups in total. The van der Waals surface area contributed by atoms with Gasteiger partial charge in [0.15, 0.2) is 11.5 Å². The molecule has 0 radical (unpaired) electrons. The molecule has 6 heteroatoms. The molecule has 2 unspecified atom stereocenters. The van der Waals surface area contributed by atoms with Gasteiger partial charge < -0.3 is 20.5 Å². The van der Waals surface area contributed by atoms with Gasteiger partial charge in [0.05, 0.1) is 29.8 Å². The molecule has 2 atom stereocenters. The van der Waals surface area contributed by atoms with Crippen LogP contribution in [0.25, 0.3) is 0 Å². The molecule has 0 aromatic carbocycles. The molecule has 0 spiro atoms. The zero-order valence-electron chi connectivity index (χ0n) is 12.2. The van der Waals surface area contributed by atoms with E-state index >= 15 is 0 Å². The third-order valence-corrected chi connectivity index (χ3v) is 4.91. The van der Waals surface area contributed by atoms with Crippen molar-refractivity contribution in [2.75, 3.05) is 25.3 Å². The highest BCUT2D eigenvalue weighted by atomic mass is 32.1. The Bertz CT molecular complexity index is 487. The molecule has 1 heterocycles. The fraction of sp³-hybridized carbons (Fsp3) is 0.643. The van der Waals surface area contributed by atoms with E-state index in [1.54, 1.807) is 14.2 Å². The number of rotatable bonds is 6. The predicted octanol–water partition coefficient (Wildman–Crippen LogP) is 2.91. The van der Waals surface area contributed by atoms with E-state index in [-0.39, 0.29) is 17.9 Å². The standard InChI is InChI=1S/C14H22N2O3S/c1-4-9(17)13-11(15)12(19-3)14(20-13)16-8-6-5-7-10(8)18-2/h8,10,16H,4-7,15H2,1-3H3. The fourth-order valence-corrected chi connectivity index (χ4v) is 3.80. The molecule has 0 amide bonds. The highest BCUT2D eigenvalue weighted by Gasteiger charge is 2.29. The van der Waals surface area contributed by atoms with Crippen molar-refractivity contribution in [3.05, 3.63) is 4.88 Å². The molecule has 0 saturated heterocycles. The first kappa shape index (κ1) is 15.1. The van der Waals surface area contributed by atoms with Gasteiger partial charge >= 0.3 is 0 Å². The molecule has 1 aromatic heterocycles. The van der Waals surface area contributed by atoms with Gasteiger partial charge in [-0.1, -0.05) is 6.92 Å². The van der Waals surface area contributed by atoms with E-state index in [1.807, 2.05) is 6.92 Å². The third-order valence-electron chi connectivity index (χ3n) is 3.75. The monoisotopic (exact) mass is 298 g/mol. The number of ether oxygens (including phenoxy) is 2. The largest absolute Gasteiger partial charge is 0.492 e. The van der Waals surface area contributed by atoms with Crippen LogP contribution < -0.4 is 15.8 Å². The lowest BCUT2D eigenvalue weighted by Gasteiger charge is -2.20. The van der Waals surface area contributed by atoms with Crippen molar-refractivity contribution in [1.29, 1.82) is 0 Å². The van der Waals surface area contributed by atoms with E-state index in [0.29, 0.717) is 22.7 Å². The van der Waals surface area contributed by atoms with Gasteiger partial charge in [0.1, 0.15) is 5.00 Å². The summed E-state index contributed by atoms with van der Waals surface area (Å²) in [7, 11) is 3.31. The summed E-state index contributed by atoms with van der Waals surface area (Å²) in [6.45, 7) is 1.83. The van der Waals surface area contributed by atoms with Crippen LogP contribution in [0.5, 0.6) is 5.75 Å². The number of ketones is 1. The molecule has 1 saturated carbocycles. The lowest BCUT2D eigenvalue weighted by atomic mass is 10.2. The van der Waals surface area contributed by atoms with Crippen LogP contribution in [0.4, 0.5) is 10.7 Å². The number of carbonyl (C=O) groups excluding carboxylic acids is 1. The molecular formula is C14H22N2O3S. The summed E-state index contributed by atoms with van der Waals surface area (Å²) in [5, 5.41) is 4.27. The Morgan fingerprint density at radius 1 is 1.45 bits per heavy atom. The summed E-state index contributed by atoms with van der Waals surface area (Å²) in [6.07, 6.45) is 3.89. The Labute approximate surface area is 123 Å². The van der Waals surface area contributed by atoms with Gasteiger partial charge in [-0.2, -0.15) is 0 Å². The second-order valence-electron chi connectivity index (χ2n) is 4.94. The number of nitrogens with two attached hydrogens (primary N) is 1. The summed E-state index contributed by atoms with van der Waals surface area (Å²) < 4.78 is 10.8. The number of methoxy groups -OCH3 is 2. The van der Waals surface area contributed by atoms with Crippen LogP contribution in [0, 0.1) is 0 Å². The van der Waals surface area contributed by atoms with E-state index in [0.717, 1.165) is 24.3 Å². The predicted molar refractivity (Wildman–Crippen MR) is 82.0 cm³/mol. The van der Waals surface area contributed by atoms with Crippen LogP contribution in [-0.4, -0.2) is 32.1 Å². The van der Waals surface area contributed by atoms with Crippen molar-refractivity contribution >= 4 is 27.8 Å². The van der Waals surface area contributed by atoms with Crippen LogP contribution in [0.1, 0.15) is 42.3 Å². The highest BCUT2D eigenvalue weighted by molar-refractivity contribution is 7.19. The number of hydrogen-bond acceptors (Lipinski definition) is 6. The molecule has 2 rings (SSSR count). The molecular weight excluding hydrogens is 276 g/mol. The normalized spacial score (nSPS) is 21.9. The molecule has 1 aliphatic carbocycles. The first-order chi connectivity index (χ1) is 9.62. The topological polar surface area (TPSA) is 73.6 Å². The number of Topliss-reactive ketones (excluding diaryl/α,β-unsaturated/α-hetero) is 1.